The summed E-state index contributed by atoms with van der Waals surface area (Å²) in [5.74, 6) is 3.57. The Bertz CT molecular complexity index is 1050. The number of piperazine rings is 1. The van der Waals surface area contributed by atoms with Crippen LogP contribution in [0, 0.1) is 0 Å². The molecule has 0 radical (unpaired) electrons. The minimum absolute atomic E-state index is 0.0686. The second kappa shape index (κ2) is 8.66. The molecule has 10 heteroatoms. The number of nitrogen functional groups attached to an aromatic ring is 1. The maximum absolute atomic E-state index is 6.23. The third kappa shape index (κ3) is 4.32. The number of methoxy groups -OCH3 is 2. The zero-order chi connectivity index (χ0) is 22.0. The number of rotatable bonds is 6. The van der Waals surface area contributed by atoms with Gasteiger partial charge in [-0.25, -0.2) is 4.98 Å². The topological polar surface area (TPSA) is 112 Å². The molecule has 2 aromatic heterocycles. The van der Waals surface area contributed by atoms with E-state index in [9.17, 15) is 0 Å². The third-order valence-corrected chi connectivity index (χ3v) is 5.09. The summed E-state index contributed by atoms with van der Waals surface area (Å²) in [6.07, 6.45) is 0.0686. The lowest BCUT2D eigenvalue weighted by molar-refractivity contribution is 0.230. The molecule has 1 aliphatic rings. The lowest BCUT2D eigenvalue weighted by Gasteiger charge is -2.35. The first-order chi connectivity index (χ1) is 15.0. The number of fused-ring (bicyclic) bond motifs is 1. The van der Waals surface area contributed by atoms with Crippen molar-refractivity contribution in [3.63, 3.8) is 0 Å². The van der Waals surface area contributed by atoms with Crippen LogP contribution in [-0.4, -0.2) is 66.7 Å². The molecule has 0 bridgehead atoms. The molecule has 31 heavy (non-hydrogen) atoms. The molecule has 10 nitrogen and oxygen atoms in total. The first-order valence-corrected chi connectivity index (χ1v) is 10.2. The van der Waals surface area contributed by atoms with Gasteiger partial charge in [-0.05, 0) is 26.0 Å². The number of aromatic nitrogens is 4. The van der Waals surface area contributed by atoms with Gasteiger partial charge in [0, 0.05) is 43.7 Å². The molecule has 0 atom stereocenters. The van der Waals surface area contributed by atoms with Gasteiger partial charge in [0.05, 0.1) is 25.8 Å². The van der Waals surface area contributed by atoms with Crippen molar-refractivity contribution in [2.24, 2.45) is 0 Å². The van der Waals surface area contributed by atoms with Gasteiger partial charge in [0.25, 0.3) is 0 Å². The lowest BCUT2D eigenvalue weighted by atomic mass is 10.2. The van der Waals surface area contributed by atoms with Crippen LogP contribution in [0.4, 0.5) is 17.6 Å². The highest BCUT2D eigenvalue weighted by atomic mass is 16.5. The Balaban J connectivity index is 1.49. The van der Waals surface area contributed by atoms with E-state index in [1.807, 2.05) is 32.0 Å². The molecule has 0 saturated carbocycles. The normalized spacial score (nSPS) is 14.2. The van der Waals surface area contributed by atoms with Gasteiger partial charge in [-0.2, -0.15) is 4.98 Å². The van der Waals surface area contributed by atoms with Crippen molar-refractivity contribution in [2.45, 2.75) is 20.0 Å². The Labute approximate surface area is 180 Å². The average molecular weight is 425 g/mol. The van der Waals surface area contributed by atoms with E-state index in [0.29, 0.717) is 34.7 Å². The molecule has 4 rings (SSSR count). The number of nitrogens with two attached hydrogens (primary N) is 1. The molecule has 1 aliphatic heterocycles. The smallest absolute Gasteiger partial charge is 0.233 e. The fourth-order valence-electron chi connectivity index (χ4n) is 3.53. The van der Waals surface area contributed by atoms with Crippen LogP contribution in [0.1, 0.15) is 13.8 Å². The Morgan fingerprint density at radius 1 is 0.903 bits per heavy atom. The van der Waals surface area contributed by atoms with E-state index in [2.05, 4.69) is 25.0 Å². The van der Waals surface area contributed by atoms with Crippen LogP contribution >= 0.6 is 0 Å². The molecule has 1 saturated heterocycles. The van der Waals surface area contributed by atoms with Gasteiger partial charge in [0.1, 0.15) is 5.82 Å². The molecule has 0 unspecified atom stereocenters. The average Bonchev–Trinajstić information content (AvgIpc) is 2.78. The summed E-state index contributed by atoms with van der Waals surface area (Å²) >= 11 is 0. The summed E-state index contributed by atoms with van der Waals surface area (Å²) in [6.45, 7) is 6.94. The van der Waals surface area contributed by atoms with Crippen molar-refractivity contribution in [1.82, 2.24) is 20.2 Å². The molecule has 1 aromatic carbocycles. The van der Waals surface area contributed by atoms with Crippen LogP contribution in [0.5, 0.6) is 17.4 Å². The molecule has 2 N–H and O–H groups in total. The molecule has 3 aromatic rings. The van der Waals surface area contributed by atoms with Gasteiger partial charge in [-0.3, -0.25) is 0 Å². The predicted octanol–water partition coefficient (Wildman–Crippen LogP) is 2.13. The minimum Gasteiger partial charge on any atom is -0.493 e. The molecule has 3 heterocycles. The van der Waals surface area contributed by atoms with Crippen LogP contribution in [0.3, 0.4) is 0 Å². The molecule has 0 spiro atoms. The Kier molecular flexibility index (Phi) is 5.79. The highest BCUT2D eigenvalue weighted by Crippen LogP contribution is 2.34. The van der Waals surface area contributed by atoms with Crippen molar-refractivity contribution < 1.29 is 14.2 Å². The van der Waals surface area contributed by atoms with E-state index in [4.69, 9.17) is 24.9 Å². The van der Waals surface area contributed by atoms with Gasteiger partial charge in [0.15, 0.2) is 17.3 Å². The Hall–Kier alpha value is -3.56. The molecule has 0 aliphatic carbocycles. The van der Waals surface area contributed by atoms with E-state index in [1.54, 1.807) is 20.3 Å². The zero-order valence-electron chi connectivity index (χ0n) is 18.2. The molecule has 164 valence electrons. The summed E-state index contributed by atoms with van der Waals surface area (Å²) in [5, 5.41) is 9.19. The maximum Gasteiger partial charge on any atom is 0.233 e. The van der Waals surface area contributed by atoms with Crippen molar-refractivity contribution in [3.8, 4) is 17.4 Å². The largest absolute Gasteiger partial charge is 0.493 e. The van der Waals surface area contributed by atoms with Crippen LogP contribution in [0.2, 0.25) is 0 Å². The van der Waals surface area contributed by atoms with Gasteiger partial charge in [-0.1, -0.05) is 0 Å². The summed E-state index contributed by atoms with van der Waals surface area (Å²) in [5.41, 5.74) is 6.95. The van der Waals surface area contributed by atoms with E-state index in [0.717, 1.165) is 37.4 Å². The summed E-state index contributed by atoms with van der Waals surface area (Å²) in [6, 6.07) is 7.41. The fourth-order valence-corrected chi connectivity index (χ4v) is 3.53. The fraction of sp³-hybridized carbons (Fsp3) is 0.429. The SMILES string of the molecule is COc1cc2nc(N3CCN(c4ccc(OC(C)C)nn4)CC3)nc(N)c2cc1OC. The highest BCUT2D eigenvalue weighted by molar-refractivity contribution is 5.91. The lowest BCUT2D eigenvalue weighted by Crippen LogP contribution is -2.47. The Morgan fingerprint density at radius 2 is 1.58 bits per heavy atom. The quantitative estimate of drug-likeness (QED) is 0.630. The molecular weight excluding hydrogens is 398 g/mol. The standard InChI is InChI=1S/C21H27N7O3/c1-13(2)31-19-6-5-18(25-26-19)27-7-9-28(10-8-27)21-23-15-12-17(30-4)16(29-3)11-14(15)20(22)24-21/h5-6,11-13H,7-10H2,1-4H3,(H2,22,23,24). The molecule has 1 fully saturated rings. The Morgan fingerprint density at radius 3 is 2.19 bits per heavy atom. The second-order valence-corrected chi connectivity index (χ2v) is 7.50. The van der Waals surface area contributed by atoms with Crippen LogP contribution in [0.25, 0.3) is 10.9 Å². The third-order valence-electron chi connectivity index (χ3n) is 5.09. The van der Waals surface area contributed by atoms with Crippen LogP contribution in [-0.2, 0) is 0 Å². The van der Waals surface area contributed by atoms with E-state index < -0.39 is 0 Å². The van der Waals surface area contributed by atoms with Gasteiger partial charge in [-0.15, -0.1) is 10.2 Å². The second-order valence-electron chi connectivity index (χ2n) is 7.50. The van der Waals surface area contributed by atoms with Crippen LogP contribution in [0.15, 0.2) is 24.3 Å². The van der Waals surface area contributed by atoms with Crippen molar-refractivity contribution in [1.29, 1.82) is 0 Å². The van der Waals surface area contributed by atoms with Crippen molar-refractivity contribution in [3.05, 3.63) is 24.3 Å². The first-order valence-electron chi connectivity index (χ1n) is 10.2. The van der Waals surface area contributed by atoms with E-state index >= 15 is 0 Å². The zero-order valence-corrected chi connectivity index (χ0v) is 18.2. The summed E-state index contributed by atoms with van der Waals surface area (Å²) in [4.78, 5) is 13.5. The van der Waals surface area contributed by atoms with E-state index in [1.165, 1.54) is 0 Å². The van der Waals surface area contributed by atoms with Gasteiger partial charge >= 0.3 is 0 Å². The van der Waals surface area contributed by atoms with Crippen molar-refractivity contribution >= 4 is 28.5 Å². The minimum atomic E-state index is 0.0686. The number of benzene rings is 1. The summed E-state index contributed by atoms with van der Waals surface area (Å²) in [7, 11) is 3.18. The van der Waals surface area contributed by atoms with Crippen molar-refractivity contribution in [2.75, 3.05) is 55.9 Å². The number of anilines is 3. The number of ether oxygens (including phenoxy) is 3. The highest BCUT2D eigenvalue weighted by Gasteiger charge is 2.22. The monoisotopic (exact) mass is 425 g/mol. The first kappa shape index (κ1) is 20.7. The summed E-state index contributed by atoms with van der Waals surface area (Å²) < 4.78 is 16.3. The van der Waals surface area contributed by atoms with Gasteiger partial charge in [0.2, 0.25) is 11.8 Å². The number of hydrogen-bond donors (Lipinski definition) is 1. The van der Waals surface area contributed by atoms with Gasteiger partial charge < -0.3 is 29.7 Å². The van der Waals surface area contributed by atoms with E-state index in [-0.39, 0.29) is 6.10 Å². The maximum atomic E-state index is 6.23. The number of nitrogens with zero attached hydrogens (tertiary/aromatic N) is 6. The molecule has 0 amide bonds. The predicted molar refractivity (Wildman–Crippen MR) is 119 cm³/mol. The number of hydrogen-bond acceptors (Lipinski definition) is 10. The molecular formula is C21H27N7O3. The van der Waals surface area contributed by atoms with Crippen LogP contribution < -0.4 is 29.7 Å².